The fourth-order valence-electron chi connectivity index (χ4n) is 1.53. The molecule has 15 heavy (non-hydrogen) atoms. The molecule has 0 saturated carbocycles. The summed E-state index contributed by atoms with van der Waals surface area (Å²) >= 11 is 0. The molecule has 1 aromatic rings. The fourth-order valence-corrected chi connectivity index (χ4v) is 1.53. The number of pyridine rings is 1. The van der Waals surface area contributed by atoms with Crippen LogP contribution >= 0.6 is 0 Å². The molecular weight excluding hydrogens is 193 g/mol. The van der Waals surface area contributed by atoms with Gasteiger partial charge in [-0.25, -0.2) is 4.39 Å². The lowest BCUT2D eigenvalue weighted by molar-refractivity contribution is 0.281. The maximum absolute atomic E-state index is 12.8. The van der Waals surface area contributed by atoms with Gasteiger partial charge in [0.05, 0.1) is 6.20 Å². The van der Waals surface area contributed by atoms with E-state index < -0.39 is 0 Å². The van der Waals surface area contributed by atoms with Gasteiger partial charge in [0.2, 0.25) is 0 Å². The number of nitrogens with zero attached hydrogens (tertiary/aromatic N) is 2. The van der Waals surface area contributed by atoms with Gasteiger partial charge in [-0.05, 0) is 31.1 Å². The third-order valence-electron chi connectivity index (χ3n) is 2.24. The SMILES string of the molecule is CC(CN)CN(C)Cc1cncc(F)c1. The Morgan fingerprint density at radius 2 is 2.27 bits per heavy atom. The first kappa shape index (κ1) is 12.1. The minimum absolute atomic E-state index is 0.284. The van der Waals surface area contributed by atoms with Gasteiger partial charge < -0.3 is 10.6 Å². The molecule has 1 aromatic heterocycles. The topological polar surface area (TPSA) is 42.1 Å². The summed E-state index contributed by atoms with van der Waals surface area (Å²) < 4.78 is 12.8. The van der Waals surface area contributed by atoms with Crippen LogP contribution in [0.15, 0.2) is 18.5 Å². The van der Waals surface area contributed by atoms with Crippen molar-refractivity contribution in [3.63, 3.8) is 0 Å². The van der Waals surface area contributed by atoms with Crippen molar-refractivity contribution in [3.05, 3.63) is 29.8 Å². The fraction of sp³-hybridized carbons (Fsp3) is 0.545. The van der Waals surface area contributed by atoms with Crippen LogP contribution in [0.2, 0.25) is 0 Å². The summed E-state index contributed by atoms with van der Waals surface area (Å²) in [5.41, 5.74) is 6.43. The normalized spacial score (nSPS) is 13.1. The van der Waals surface area contributed by atoms with Gasteiger partial charge >= 0.3 is 0 Å². The van der Waals surface area contributed by atoms with Crippen LogP contribution in [-0.2, 0) is 6.54 Å². The highest BCUT2D eigenvalue weighted by molar-refractivity contribution is 5.09. The molecule has 1 unspecified atom stereocenters. The van der Waals surface area contributed by atoms with E-state index in [-0.39, 0.29) is 5.82 Å². The third kappa shape index (κ3) is 4.36. The molecule has 0 aromatic carbocycles. The number of halogens is 1. The molecule has 0 radical (unpaired) electrons. The van der Waals surface area contributed by atoms with E-state index in [1.165, 1.54) is 12.3 Å². The average molecular weight is 211 g/mol. The zero-order valence-electron chi connectivity index (χ0n) is 9.28. The van der Waals surface area contributed by atoms with Crippen molar-refractivity contribution in [2.75, 3.05) is 20.1 Å². The van der Waals surface area contributed by atoms with Crippen LogP contribution in [0.25, 0.3) is 0 Å². The Hall–Kier alpha value is -1.00. The molecule has 3 nitrogen and oxygen atoms in total. The molecule has 2 N–H and O–H groups in total. The summed E-state index contributed by atoms with van der Waals surface area (Å²) in [6, 6.07) is 1.51. The first-order chi connectivity index (χ1) is 7.11. The summed E-state index contributed by atoms with van der Waals surface area (Å²) in [4.78, 5) is 5.93. The zero-order chi connectivity index (χ0) is 11.3. The molecule has 0 aliphatic rings. The largest absolute Gasteiger partial charge is 0.330 e. The quantitative estimate of drug-likeness (QED) is 0.797. The summed E-state index contributed by atoms with van der Waals surface area (Å²) in [6.07, 6.45) is 2.90. The molecule has 0 spiro atoms. The van der Waals surface area contributed by atoms with Crippen molar-refractivity contribution >= 4 is 0 Å². The molecule has 0 aliphatic heterocycles. The van der Waals surface area contributed by atoms with Crippen molar-refractivity contribution in [2.24, 2.45) is 11.7 Å². The number of nitrogens with two attached hydrogens (primary N) is 1. The van der Waals surface area contributed by atoms with E-state index in [4.69, 9.17) is 5.73 Å². The molecule has 4 heteroatoms. The van der Waals surface area contributed by atoms with Crippen LogP contribution in [0.3, 0.4) is 0 Å². The lowest BCUT2D eigenvalue weighted by Crippen LogP contribution is -2.28. The highest BCUT2D eigenvalue weighted by atomic mass is 19.1. The van der Waals surface area contributed by atoms with Gasteiger partial charge in [-0.15, -0.1) is 0 Å². The predicted octanol–water partition coefficient (Wildman–Crippen LogP) is 1.25. The van der Waals surface area contributed by atoms with Crippen molar-refractivity contribution in [1.82, 2.24) is 9.88 Å². The molecule has 0 saturated heterocycles. The molecule has 0 fully saturated rings. The van der Waals surface area contributed by atoms with Gasteiger partial charge in [0.1, 0.15) is 5.82 Å². The lowest BCUT2D eigenvalue weighted by Gasteiger charge is -2.20. The van der Waals surface area contributed by atoms with Crippen LogP contribution in [0.4, 0.5) is 4.39 Å². The summed E-state index contributed by atoms with van der Waals surface area (Å²) in [6.45, 7) is 4.38. The Bertz CT molecular complexity index is 304. The standard InChI is InChI=1S/C11H18FN3/c1-9(4-13)7-15(2)8-10-3-11(12)6-14-5-10/h3,5-6,9H,4,7-8,13H2,1-2H3. The second-order valence-corrected chi connectivity index (χ2v) is 4.05. The smallest absolute Gasteiger partial charge is 0.141 e. The van der Waals surface area contributed by atoms with Crippen molar-refractivity contribution < 1.29 is 4.39 Å². The number of aromatic nitrogens is 1. The molecule has 0 amide bonds. The van der Waals surface area contributed by atoms with Crippen LogP contribution < -0.4 is 5.73 Å². The maximum atomic E-state index is 12.8. The summed E-state index contributed by atoms with van der Waals surface area (Å²) in [7, 11) is 2.00. The number of hydrogen-bond acceptors (Lipinski definition) is 3. The van der Waals surface area contributed by atoms with Gasteiger partial charge in [0, 0.05) is 19.3 Å². The Morgan fingerprint density at radius 3 is 2.87 bits per heavy atom. The Balaban J connectivity index is 2.47. The predicted molar refractivity (Wildman–Crippen MR) is 58.7 cm³/mol. The Labute approximate surface area is 90.1 Å². The zero-order valence-corrected chi connectivity index (χ0v) is 9.28. The monoisotopic (exact) mass is 211 g/mol. The maximum Gasteiger partial charge on any atom is 0.141 e. The molecule has 84 valence electrons. The van der Waals surface area contributed by atoms with Crippen LogP contribution in [0.1, 0.15) is 12.5 Å². The first-order valence-electron chi connectivity index (χ1n) is 5.10. The molecule has 0 aliphatic carbocycles. The van der Waals surface area contributed by atoms with Crippen molar-refractivity contribution in [1.29, 1.82) is 0 Å². The van der Waals surface area contributed by atoms with Crippen LogP contribution in [-0.4, -0.2) is 30.0 Å². The molecule has 1 rings (SSSR count). The number of hydrogen-bond donors (Lipinski definition) is 1. The van der Waals surface area contributed by atoms with Gasteiger partial charge in [0.25, 0.3) is 0 Å². The Kier molecular flexibility index (Phi) is 4.65. The van der Waals surface area contributed by atoms with Crippen LogP contribution in [0, 0.1) is 11.7 Å². The molecule has 1 atom stereocenters. The third-order valence-corrected chi connectivity index (χ3v) is 2.24. The molecule has 0 bridgehead atoms. The summed E-state index contributed by atoms with van der Waals surface area (Å²) in [5, 5.41) is 0. The lowest BCUT2D eigenvalue weighted by atomic mass is 10.1. The second-order valence-electron chi connectivity index (χ2n) is 4.05. The highest BCUT2D eigenvalue weighted by Gasteiger charge is 2.05. The second kappa shape index (κ2) is 5.78. The van der Waals surface area contributed by atoms with Gasteiger partial charge in [-0.3, -0.25) is 4.98 Å². The van der Waals surface area contributed by atoms with E-state index in [0.717, 1.165) is 12.1 Å². The summed E-state index contributed by atoms with van der Waals surface area (Å²) in [5.74, 6) is 0.171. The van der Waals surface area contributed by atoms with Gasteiger partial charge in [-0.1, -0.05) is 6.92 Å². The van der Waals surface area contributed by atoms with Gasteiger partial charge in [-0.2, -0.15) is 0 Å². The van der Waals surface area contributed by atoms with Crippen molar-refractivity contribution in [3.8, 4) is 0 Å². The van der Waals surface area contributed by atoms with Crippen molar-refractivity contribution in [2.45, 2.75) is 13.5 Å². The minimum Gasteiger partial charge on any atom is -0.330 e. The molecular formula is C11H18FN3. The number of rotatable bonds is 5. The highest BCUT2D eigenvalue weighted by Crippen LogP contribution is 2.05. The Morgan fingerprint density at radius 1 is 1.53 bits per heavy atom. The van der Waals surface area contributed by atoms with E-state index in [2.05, 4.69) is 16.8 Å². The van der Waals surface area contributed by atoms with Gasteiger partial charge in [0.15, 0.2) is 0 Å². The van der Waals surface area contributed by atoms with E-state index in [0.29, 0.717) is 19.0 Å². The van der Waals surface area contributed by atoms with E-state index >= 15 is 0 Å². The molecule has 1 heterocycles. The van der Waals surface area contributed by atoms with E-state index in [9.17, 15) is 4.39 Å². The average Bonchev–Trinajstić information content (AvgIpc) is 2.17. The van der Waals surface area contributed by atoms with E-state index in [1.807, 2.05) is 7.05 Å². The minimum atomic E-state index is -0.284. The first-order valence-corrected chi connectivity index (χ1v) is 5.10. The van der Waals surface area contributed by atoms with E-state index in [1.54, 1.807) is 6.20 Å². The van der Waals surface area contributed by atoms with Crippen LogP contribution in [0.5, 0.6) is 0 Å².